The lowest BCUT2D eigenvalue weighted by molar-refractivity contribution is 0.411. The Labute approximate surface area is 101 Å². The first-order chi connectivity index (χ1) is 7.83. The third-order valence-electron chi connectivity index (χ3n) is 2.32. The summed E-state index contributed by atoms with van der Waals surface area (Å²) < 4.78 is 48.2. The van der Waals surface area contributed by atoms with E-state index in [0.29, 0.717) is 6.34 Å². The summed E-state index contributed by atoms with van der Waals surface area (Å²) in [6, 6.07) is 0. The predicted octanol–water partition coefficient (Wildman–Crippen LogP) is -0.596. The second-order valence-electron chi connectivity index (χ2n) is 3.50. The molecule has 0 saturated carbocycles. The monoisotopic (exact) mass is 281 g/mol. The van der Waals surface area contributed by atoms with Gasteiger partial charge in [0.2, 0.25) is 0 Å². The van der Waals surface area contributed by atoms with Crippen molar-refractivity contribution >= 4 is 26.4 Å². The second kappa shape index (κ2) is 5.15. The molecular formula is C8H15N3O4S2. The summed E-state index contributed by atoms with van der Waals surface area (Å²) >= 11 is 0. The molecule has 1 aliphatic rings. The number of rotatable bonds is 4. The van der Waals surface area contributed by atoms with Crippen molar-refractivity contribution in [3.63, 3.8) is 0 Å². The van der Waals surface area contributed by atoms with Crippen LogP contribution in [0.15, 0.2) is 12.3 Å². The van der Waals surface area contributed by atoms with Crippen LogP contribution in [0.3, 0.4) is 0 Å². The van der Waals surface area contributed by atoms with Gasteiger partial charge in [-0.25, -0.2) is 12.7 Å². The van der Waals surface area contributed by atoms with Crippen molar-refractivity contribution in [2.75, 3.05) is 24.6 Å². The van der Waals surface area contributed by atoms with Crippen molar-refractivity contribution in [3.05, 3.63) is 12.3 Å². The lowest BCUT2D eigenvalue weighted by Crippen LogP contribution is -2.48. The molecule has 1 heterocycles. The van der Waals surface area contributed by atoms with E-state index in [-0.39, 0.29) is 24.6 Å². The van der Waals surface area contributed by atoms with E-state index in [1.54, 1.807) is 6.92 Å². The maximum atomic E-state index is 12.0. The molecule has 1 N–H and O–H groups in total. The van der Waals surface area contributed by atoms with Crippen LogP contribution in [0.5, 0.6) is 0 Å². The van der Waals surface area contributed by atoms with E-state index in [9.17, 15) is 16.8 Å². The van der Waals surface area contributed by atoms with Gasteiger partial charge >= 0.3 is 10.2 Å². The number of nitrogens with one attached hydrogen (secondary N) is 1. The van der Waals surface area contributed by atoms with Crippen LogP contribution in [-0.4, -0.2) is 56.4 Å². The first-order valence-electron chi connectivity index (χ1n) is 4.96. The zero-order chi connectivity index (χ0) is 13.1. The maximum Gasteiger partial charge on any atom is 0.308 e. The van der Waals surface area contributed by atoms with Crippen LogP contribution in [0.25, 0.3) is 0 Å². The Bertz CT molecular complexity index is 495. The van der Waals surface area contributed by atoms with Gasteiger partial charge in [0, 0.05) is 19.3 Å². The largest absolute Gasteiger partial charge is 0.308 e. The van der Waals surface area contributed by atoms with Crippen molar-refractivity contribution in [2.24, 2.45) is 0 Å². The fraction of sp³-hybridized carbons (Fsp3) is 0.625. The SMILES string of the molecule is C/C=C\N(C=N)S(=O)(=O)N1CCS(=O)(=O)CC1. The van der Waals surface area contributed by atoms with E-state index < -0.39 is 20.0 Å². The lowest BCUT2D eigenvalue weighted by atomic mass is 10.6. The molecule has 0 unspecified atom stereocenters. The highest BCUT2D eigenvalue weighted by Crippen LogP contribution is 2.12. The molecule has 0 amide bonds. The molecule has 1 fully saturated rings. The molecule has 0 radical (unpaired) electrons. The molecule has 17 heavy (non-hydrogen) atoms. The number of sulfone groups is 1. The van der Waals surface area contributed by atoms with E-state index in [0.717, 1.165) is 8.61 Å². The summed E-state index contributed by atoms with van der Waals surface area (Å²) in [6.07, 6.45) is 3.41. The zero-order valence-electron chi connectivity index (χ0n) is 9.40. The fourth-order valence-corrected chi connectivity index (χ4v) is 4.14. The van der Waals surface area contributed by atoms with E-state index in [1.807, 2.05) is 0 Å². The van der Waals surface area contributed by atoms with E-state index in [2.05, 4.69) is 0 Å². The van der Waals surface area contributed by atoms with Crippen molar-refractivity contribution in [1.29, 1.82) is 5.41 Å². The van der Waals surface area contributed by atoms with Gasteiger partial charge in [0.05, 0.1) is 11.5 Å². The Morgan fingerprint density at radius 2 is 1.82 bits per heavy atom. The highest BCUT2D eigenvalue weighted by Gasteiger charge is 2.32. The average Bonchev–Trinajstić information content (AvgIpc) is 2.25. The predicted molar refractivity (Wildman–Crippen MR) is 64.6 cm³/mol. The molecule has 0 spiro atoms. The van der Waals surface area contributed by atoms with Gasteiger partial charge in [-0.1, -0.05) is 6.08 Å². The smallest absolute Gasteiger partial charge is 0.290 e. The standard InChI is InChI=1S/C8H15N3O4S2/c1-2-3-11(8-9)17(14,15)10-4-6-16(12,13)7-5-10/h2-3,8-9H,4-7H2,1H3/b3-2-,9-8?. The third-order valence-corrected chi connectivity index (χ3v) is 5.71. The van der Waals surface area contributed by atoms with Gasteiger partial charge in [-0.15, -0.1) is 0 Å². The molecule has 1 aliphatic heterocycles. The van der Waals surface area contributed by atoms with Crippen molar-refractivity contribution in [3.8, 4) is 0 Å². The van der Waals surface area contributed by atoms with Crippen LogP contribution in [-0.2, 0) is 20.0 Å². The van der Waals surface area contributed by atoms with E-state index in [4.69, 9.17) is 5.41 Å². The highest BCUT2D eigenvalue weighted by molar-refractivity contribution is 7.91. The number of hydrogen-bond donors (Lipinski definition) is 1. The molecule has 0 aromatic rings. The lowest BCUT2D eigenvalue weighted by Gasteiger charge is -2.29. The Hall–Kier alpha value is -0.930. The number of nitrogens with zero attached hydrogens (tertiary/aromatic N) is 2. The van der Waals surface area contributed by atoms with Crippen LogP contribution >= 0.6 is 0 Å². The Morgan fingerprint density at radius 3 is 2.24 bits per heavy atom. The summed E-state index contributed by atoms with van der Waals surface area (Å²) in [5.74, 6) is -0.345. The number of allylic oxidation sites excluding steroid dienone is 1. The normalized spacial score (nSPS) is 21.5. The molecule has 0 aliphatic carbocycles. The molecule has 0 aromatic heterocycles. The Kier molecular flexibility index (Phi) is 4.28. The van der Waals surface area contributed by atoms with Gasteiger partial charge in [0.25, 0.3) is 0 Å². The molecule has 9 heteroatoms. The molecule has 1 saturated heterocycles. The first-order valence-corrected chi connectivity index (χ1v) is 8.18. The minimum Gasteiger partial charge on any atom is -0.290 e. The molecule has 0 atom stereocenters. The summed E-state index contributed by atoms with van der Waals surface area (Å²) in [5.41, 5.74) is 0. The fourth-order valence-electron chi connectivity index (χ4n) is 1.39. The molecule has 98 valence electrons. The zero-order valence-corrected chi connectivity index (χ0v) is 11.0. The summed E-state index contributed by atoms with van der Waals surface area (Å²) in [5, 5.41) is 7.04. The molecule has 0 bridgehead atoms. The van der Waals surface area contributed by atoms with Gasteiger partial charge in [-0.05, 0) is 6.92 Å². The third kappa shape index (κ3) is 3.27. The van der Waals surface area contributed by atoms with E-state index >= 15 is 0 Å². The van der Waals surface area contributed by atoms with Crippen LogP contribution in [0, 0.1) is 5.41 Å². The van der Waals surface area contributed by atoms with Crippen LogP contribution in [0.2, 0.25) is 0 Å². The quantitative estimate of drug-likeness (QED) is 0.549. The van der Waals surface area contributed by atoms with Gasteiger partial charge < -0.3 is 0 Å². The topological polar surface area (TPSA) is 98.6 Å². The number of hydrogen-bond acceptors (Lipinski definition) is 5. The van der Waals surface area contributed by atoms with Gasteiger partial charge in [0.1, 0.15) is 6.34 Å². The van der Waals surface area contributed by atoms with Crippen LogP contribution in [0.1, 0.15) is 6.92 Å². The minimum absolute atomic E-state index is 0.0629. The first kappa shape index (κ1) is 14.1. The van der Waals surface area contributed by atoms with Crippen molar-refractivity contribution in [1.82, 2.24) is 8.61 Å². The Balaban J connectivity index is 2.89. The van der Waals surface area contributed by atoms with Crippen LogP contribution < -0.4 is 0 Å². The molecule has 1 rings (SSSR count). The molecule has 0 aromatic carbocycles. The molecular weight excluding hydrogens is 266 g/mol. The maximum absolute atomic E-state index is 12.0. The highest BCUT2D eigenvalue weighted by atomic mass is 32.2. The van der Waals surface area contributed by atoms with Gasteiger partial charge in [-0.2, -0.15) is 12.7 Å². The van der Waals surface area contributed by atoms with Gasteiger partial charge in [-0.3, -0.25) is 5.41 Å². The average molecular weight is 281 g/mol. The summed E-state index contributed by atoms with van der Waals surface area (Å²) in [4.78, 5) is 0. The summed E-state index contributed by atoms with van der Waals surface area (Å²) in [7, 11) is -6.93. The molecule has 7 nitrogen and oxygen atoms in total. The van der Waals surface area contributed by atoms with Crippen LogP contribution in [0.4, 0.5) is 0 Å². The Morgan fingerprint density at radius 1 is 1.29 bits per heavy atom. The van der Waals surface area contributed by atoms with Crippen molar-refractivity contribution in [2.45, 2.75) is 6.92 Å². The van der Waals surface area contributed by atoms with Crippen molar-refractivity contribution < 1.29 is 16.8 Å². The second-order valence-corrected chi connectivity index (χ2v) is 7.64. The van der Waals surface area contributed by atoms with Gasteiger partial charge in [0.15, 0.2) is 9.84 Å². The van der Waals surface area contributed by atoms with E-state index in [1.165, 1.54) is 12.3 Å². The minimum atomic E-state index is -3.81. The summed E-state index contributed by atoms with van der Waals surface area (Å²) in [6.45, 7) is 1.51.